The maximum atomic E-state index is 12.8. The summed E-state index contributed by atoms with van der Waals surface area (Å²) in [5.74, 6) is -3.20. The van der Waals surface area contributed by atoms with E-state index in [1.54, 1.807) is 13.8 Å². The average Bonchev–Trinajstić information content (AvgIpc) is 3.60. The number of unbranched alkanes of at least 4 members (excludes halogenated alkanes) is 1. The summed E-state index contributed by atoms with van der Waals surface area (Å²) in [5.41, 5.74) is 5.85. The molecule has 30 heteroatoms. The van der Waals surface area contributed by atoms with E-state index in [-0.39, 0.29) is 197 Å². The van der Waals surface area contributed by atoms with Crippen LogP contribution in [0.2, 0.25) is 0 Å². The fourth-order valence-electron chi connectivity index (χ4n) is 6.93. The van der Waals surface area contributed by atoms with Crippen LogP contribution in [0.25, 0.3) is 0 Å². The second kappa shape index (κ2) is 51.6. The summed E-state index contributed by atoms with van der Waals surface area (Å²) in [7, 11) is 0. The van der Waals surface area contributed by atoms with E-state index < -0.39 is 17.4 Å². The van der Waals surface area contributed by atoms with Gasteiger partial charge < -0.3 is 96.6 Å². The Morgan fingerprint density at radius 3 is 1.35 bits per heavy atom. The molecule has 2 unspecified atom stereocenters. The van der Waals surface area contributed by atoms with E-state index in [4.69, 9.17) is 48.8 Å². The molecule has 0 bridgehead atoms. The zero-order chi connectivity index (χ0) is 62.6. The first-order valence-electron chi connectivity index (χ1n) is 28.6. The molecule has 0 spiro atoms. The summed E-state index contributed by atoms with van der Waals surface area (Å²) in [6.45, 7) is 14.6. The van der Waals surface area contributed by atoms with E-state index in [0.717, 1.165) is 0 Å². The number of nitrogens with two attached hydrogens (primary N) is 1. The number of rotatable bonds is 57. The number of nitrogens with one attached hydrogen (secondary N) is 8. The average molecular weight is 1210 g/mol. The first kappa shape index (κ1) is 78.2. The summed E-state index contributed by atoms with van der Waals surface area (Å²) in [5, 5.41) is 47.8. The zero-order valence-electron chi connectivity index (χ0n) is 50.4. The highest BCUT2D eigenvalue weighted by atomic mass is 16.5. The number of oxime groups is 2. The van der Waals surface area contributed by atoms with Crippen LogP contribution in [0.5, 0.6) is 0 Å². The van der Waals surface area contributed by atoms with Crippen LogP contribution in [-0.4, -0.2) is 244 Å². The number of nitrogens with zero attached hydrogens (tertiary/aromatic N) is 2. The lowest BCUT2D eigenvalue weighted by Gasteiger charge is -2.29. The topological polar surface area (TPSA) is 415 Å². The maximum absolute atomic E-state index is 12.8. The lowest BCUT2D eigenvalue weighted by Crippen LogP contribution is -2.55. The van der Waals surface area contributed by atoms with Crippen molar-refractivity contribution in [3.05, 3.63) is 0 Å². The number of ketones is 2. The molecule has 7 amide bonds. The van der Waals surface area contributed by atoms with Crippen molar-refractivity contribution >= 4 is 64.3 Å². The van der Waals surface area contributed by atoms with Crippen LogP contribution in [0.1, 0.15) is 106 Å². The largest absolute Gasteiger partial charge is 0.411 e. The molecule has 0 heterocycles. The molecule has 0 saturated heterocycles. The molecule has 0 aromatic carbocycles. The molecule has 0 aromatic heterocycles. The van der Waals surface area contributed by atoms with Crippen molar-refractivity contribution in [3.8, 4) is 0 Å². The van der Waals surface area contributed by atoms with Crippen LogP contribution in [0.4, 0.5) is 0 Å². The van der Waals surface area contributed by atoms with Crippen molar-refractivity contribution in [3.63, 3.8) is 0 Å². The van der Waals surface area contributed by atoms with Crippen LogP contribution < -0.4 is 48.3 Å². The number of ether oxygens (including phenoxy) is 8. The lowest BCUT2D eigenvalue weighted by atomic mass is 9.95. The standard InChI is InChI=1S/C54H99N11O19/c1-40(66)36-81-29-25-79-23-19-59-51(72)38-83-31-27-77-21-17-57-48(69)12-9-13-49(70)58-18-22-78-28-32-84-39-52(73)60-20-24-80-26-30-82-37-46(67)33-44(53(55)74)11-7-8-16-56-47(68)14-10-15-50(71)63-45(34-61-41(2)42(3)64-75)35-62-54(5,6)43(4)65-76/h41,44-45,61-62,75-76H,7-39H2,1-6H3,(H2,55,74)(H,56,68)(H,57,69)(H,58,70)(H,59,72)(H,60,73)(H,63,71)/b64-42+,65-43+/t41?,44-,45?/m1/s1. The van der Waals surface area contributed by atoms with Gasteiger partial charge in [-0.2, -0.15) is 0 Å². The molecule has 0 saturated carbocycles. The van der Waals surface area contributed by atoms with E-state index in [2.05, 4.69) is 52.8 Å². The van der Waals surface area contributed by atoms with Gasteiger partial charge in [-0.05, 0) is 67.2 Å². The molecule has 3 atom stereocenters. The molecule has 0 rings (SSSR count). The van der Waals surface area contributed by atoms with Gasteiger partial charge in [0, 0.05) is 89.9 Å². The number of hydrogen-bond acceptors (Lipinski definition) is 23. The molecule has 12 N–H and O–H groups in total. The highest BCUT2D eigenvalue weighted by Crippen LogP contribution is 2.13. The molecule has 0 radical (unpaired) electrons. The van der Waals surface area contributed by atoms with Crippen molar-refractivity contribution in [2.45, 2.75) is 123 Å². The van der Waals surface area contributed by atoms with Gasteiger partial charge in [0.05, 0.1) is 102 Å². The zero-order valence-corrected chi connectivity index (χ0v) is 50.4. The third-order valence-corrected chi connectivity index (χ3v) is 12.3. The van der Waals surface area contributed by atoms with E-state index in [9.17, 15) is 48.4 Å². The van der Waals surface area contributed by atoms with Gasteiger partial charge >= 0.3 is 0 Å². The molecular formula is C54H99N11O19. The van der Waals surface area contributed by atoms with Crippen LogP contribution in [0.15, 0.2) is 10.3 Å². The maximum Gasteiger partial charge on any atom is 0.246 e. The number of Topliss-reactive ketones (excluding diaryl/α,β-unsaturated/α-hetero) is 2. The van der Waals surface area contributed by atoms with Gasteiger partial charge in [-0.15, -0.1) is 0 Å². The normalized spacial score (nSPS) is 12.9. The summed E-state index contributed by atoms with van der Waals surface area (Å²) in [6, 6.07) is -0.624. The van der Waals surface area contributed by atoms with Crippen LogP contribution in [0.3, 0.4) is 0 Å². The lowest BCUT2D eigenvalue weighted by molar-refractivity contribution is -0.130. The van der Waals surface area contributed by atoms with Crippen molar-refractivity contribution in [1.82, 2.24) is 42.5 Å². The van der Waals surface area contributed by atoms with Gasteiger partial charge in [-0.1, -0.05) is 16.7 Å². The Balaban J connectivity index is 3.90. The van der Waals surface area contributed by atoms with E-state index in [1.165, 1.54) is 6.92 Å². The molecule has 84 heavy (non-hydrogen) atoms. The summed E-state index contributed by atoms with van der Waals surface area (Å²) >= 11 is 0. The van der Waals surface area contributed by atoms with Gasteiger partial charge in [0.25, 0.3) is 0 Å². The molecule has 0 fully saturated rings. The second-order valence-corrected chi connectivity index (χ2v) is 20.0. The highest BCUT2D eigenvalue weighted by molar-refractivity contribution is 5.90. The monoisotopic (exact) mass is 1210 g/mol. The van der Waals surface area contributed by atoms with E-state index in [1.807, 2.05) is 20.8 Å². The first-order valence-corrected chi connectivity index (χ1v) is 28.6. The Kier molecular flexibility index (Phi) is 48.0. The molecule has 0 aromatic rings. The van der Waals surface area contributed by atoms with Gasteiger partial charge in [0.2, 0.25) is 41.4 Å². The fourth-order valence-corrected chi connectivity index (χ4v) is 6.93. The number of hydrogen-bond donors (Lipinski definition) is 11. The Labute approximate surface area is 493 Å². The molecule has 0 aliphatic carbocycles. The minimum absolute atomic E-state index is 0.0482. The quantitative estimate of drug-likeness (QED) is 0.0141. The molecule has 0 aliphatic rings. The van der Waals surface area contributed by atoms with Crippen molar-refractivity contribution in [2.75, 3.05) is 152 Å². The van der Waals surface area contributed by atoms with Crippen molar-refractivity contribution in [2.24, 2.45) is 22.0 Å². The third kappa shape index (κ3) is 47.5. The van der Waals surface area contributed by atoms with Gasteiger partial charge in [0.1, 0.15) is 26.4 Å². The van der Waals surface area contributed by atoms with Crippen molar-refractivity contribution in [1.29, 1.82) is 0 Å². The number of carbonyl (C=O) groups is 9. The number of amides is 7. The predicted octanol–water partition coefficient (Wildman–Crippen LogP) is -1.61. The summed E-state index contributed by atoms with van der Waals surface area (Å²) in [4.78, 5) is 109. The fraction of sp³-hybridized carbons (Fsp3) is 0.796. The minimum Gasteiger partial charge on any atom is -0.411 e. The molecule has 0 aliphatic heterocycles. The smallest absolute Gasteiger partial charge is 0.246 e. The Morgan fingerprint density at radius 2 is 0.905 bits per heavy atom. The predicted molar refractivity (Wildman–Crippen MR) is 307 cm³/mol. The third-order valence-electron chi connectivity index (χ3n) is 12.3. The van der Waals surface area contributed by atoms with Crippen LogP contribution in [-0.2, 0) is 81.0 Å². The molecule has 30 nitrogen and oxygen atoms in total. The second-order valence-electron chi connectivity index (χ2n) is 20.0. The highest BCUT2D eigenvalue weighted by Gasteiger charge is 2.25. The number of carbonyl (C=O) groups excluding carboxylic acids is 9. The summed E-state index contributed by atoms with van der Waals surface area (Å²) in [6.07, 6.45) is 2.62. The molecular weight excluding hydrogens is 1110 g/mol. The summed E-state index contributed by atoms with van der Waals surface area (Å²) < 4.78 is 42.5. The SMILES string of the molecule is CC(=O)COCCOCCNC(=O)COCCOCCNC(=O)CCCC(=O)NCCOCCOCC(=O)NCCOCCOCC(=O)C[C@@H](CCCCNC(=O)CCCC(=O)NC(CNC(C)/C(C)=N/O)CNC(C)(C)/C(C)=N/O)C(N)=O. The number of primary amides is 1. The van der Waals surface area contributed by atoms with Gasteiger partial charge in [-0.3, -0.25) is 43.2 Å². The molecule has 484 valence electrons. The Bertz CT molecular complexity index is 1950. The van der Waals surface area contributed by atoms with Gasteiger partial charge in [-0.25, -0.2) is 0 Å². The first-order chi connectivity index (χ1) is 40.2. The Morgan fingerprint density at radius 1 is 0.488 bits per heavy atom. The van der Waals surface area contributed by atoms with Crippen LogP contribution >= 0.6 is 0 Å². The minimum atomic E-state index is -0.687. The van der Waals surface area contributed by atoms with E-state index in [0.29, 0.717) is 89.5 Å². The van der Waals surface area contributed by atoms with Gasteiger partial charge in [0.15, 0.2) is 11.6 Å². The Hall–Kier alpha value is -5.83. The van der Waals surface area contributed by atoms with Crippen LogP contribution in [0, 0.1) is 5.92 Å². The van der Waals surface area contributed by atoms with Crippen molar-refractivity contribution < 1.29 is 91.5 Å². The van der Waals surface area contributed by atoms with E-state index >= 15 is 0 Å².